The number of benzene rings is 1. The average Bonchev–Trinajstić information content (AvgIpc) is 2.73. The minimum Gasteiger partial charge on any atom is -0.480 e. The highest BCUT2D eigenvalue weighted by atomic mass is 35.5. The maximum Gasteiger partial charge on any atom is 0.328 e. The van der Waals surface area contributed by atoms with Crippen molar-refractivity contribution in [1.29, 1.82) is 0 Å². The van der Waals surface area contributed by atoms with Gasteiger partial charge in [-0.2, -0.15) is 0 Å². The molecule has 168 valence electrons. The minimum atomic E-state index is -1.05. The molecule has 0 spiro atoms. The second kappa shape index (κ2) is 9.38. The number of aliphatic carboxylic acids is 1. The summed E-state index contributed by atoms with van der Waals surface area (Å²) in [5, 5.41) is 12.7. The number of amides is 1. The van der Waals surface area contributed by atoms with Crippen LogP contribution in [0.1, 0.15) is 43.1 Å². The summed E-state index contributed by atoms with van der Waals surface area (Å²) in [4.78, 5) is 44.8. The first-order valence-corrected chi connectivity index (χ1v) is 10.9. The number of carbonyl (C=O) groups is 3. The number of Topliss-reactive ketones (excluding diaryl/α,β-unsaturated/α-hetero) is 1. The molecule has 7 nitrogen and oxygen atoms in total. The van der Waals surface area contributed by atoms with Crippen LogP contribution in [0.5, 0.6) is 0 Å². The summed E-state index contributed by atoms with van der Waals surface area (Å²) in [6.07, 6.45) is 3.43. The van der Waals surface area contributed by atoms with Crippen LogP contribution in [-0.4, -0.2) is 39.5 Å². The molecule has 0 radical (unpaired) electrons. The molecular weight excluding hydrogens is 453 g/mol. The lowest BCUT2D eigenvalue weighted by atomic mass is 9.60. The van der Waals surface area contributed by atoms with Gasteiger partial charge in [0.15, 0.2) is 11.8 Å². The first-order valence-electron chi connectivity index (χ1n) is 10.1. The minimum absolute atomic E-state index is 0.0948. The van der Waals surface area contributed by atoms with Gasteiger partial charge in [0, 0.05) is 30.2 Å². The van der Waals surface area contributed by atoms with Crippen molar-refractivity contribution in [1.82, 2.24) is 4.98 Å². The zero-order chi connectivity index (χ0) is 23.6. The van der Waals surface area contributed by atoms with E-state index in [0.717, 1.165) is 5.56 Å². The number of hydrogen-bond donors (Lipinski definition) is 2. The number of halogens is 2. The molecule has 9 heteroatoms. The Labute approximate surface area is 195 Å². The van der Waals surface area contributed by atoms with E-state index in [1.165, 1.54) is 12.4 Å². The van der Waals surface area contributed by atoms with Gasteiger partial charge in [-0.1, -0.05) is 42.3 Å². The molecule has 1 saturated carbocycles. The van der Waals surface area contributed by atoms with Crippen LogP contribution in [0, 0.1) is 11.3 Å². The van der Waals surface area contributed by atoms with Gasteiger partial charge in [-0.15, -0.1) is 0 Å². The monoisotopic (exact) mass is 475 g/mol. The van der Waals surface area contributed by atoms with Gasteiger partial charge in [0.25, 0.3) is 5.91 Å². The molecule has 1 unspecified atom stereocenters. The summed E-state index contributed by atoms with van der Waals surface area (Å²) in [6.45, 7) is 5.44. The van der Waals surface area contributed by atoms with E-state index in [-0.39, 0.29) is 33.7 Å². The predicted molar refractivity (Wildman–Crippen MR) is 124 cm³/mol. The lowest BCUT2D eigenvalue weighted by Crippen LogP contribution is -2.55. The van der Waals surface area contributed by atoms with E-state index in [1.807, 2.05) is 6.92 Å². The fraction of sp³-hybridized carbons (Fsp3) is 0.348. The Morgan fingerprint density at radius 2 is 1.78 bits per heavy atom. The van der Waals surface area contributed by atoms with Crippen LogP contribution >= 0.6 is 23.2 Å². The Kier molecular flexibility index (Phi) is 7.00. The van der Waals surface area contributed by atoms with Gasteiger partial charge >= 0.3 is 5.97 Å². The number of aliphatic imine (C=N–C) groups is 1. The highest BCUT2D eigenvalue weighted by Crippen LogP contribution is 2.40. The lowest BCUT2D eigenvalue weighted by molar-refractivity contribution is -0.138. The summed E-state index contributed by atoms with van der Waals surface area (Å²) < 4.78 is 0. The van der Waals surface area contributed by atoms with Crippen LogP contribution in [0.15, 0.2) is 41.7 Å². The Morgan fingerprint density at radius 1 is 1.19 bits per heavy atom. The third-order valence-electron chi connectivity index (χ3n) is 5.61. The zero-order valence-electron chi connectivity index (χ0n) is 17.9. The van der Waals surface area contributed by atoms with E-state index in [2.05, 4.69) is 15.3 Å². The van der Waals surface area contributed by atoms with Crippen LogP contribution in [-0.2, 0) is 16.0 Å². The second-order valence-corrected chi connectivity index (χ2v) is 8.97. The molecule has 0 saturated heterocycles. The molecule has 1 amide bonds. The van der Waals surface area contributed by atoms with Gasteiger partial charge in [-0.3, -0.25) is 19.6 Å². The first kappa shape index (κ1) is 23.9. The molecule has 1 aliphatic rings. The number of rotatable bonds is 7. The lowest BCUT2D eigenvalue weighted by Gasteiger charge is -2.42. The van der Waals surface area contributed by atoms with E-state index in [4.69, 9.17) is 23.2 Å². The number of anilines is 1. The van der Waals surface area contributed by atoms with Crippen LogP contribution in [0.3, 0.4) is 0 Å². The van der Waals surface area contributed by atoms with E-state index in [1.54, 1.807) is 38.1 Å². The number of carboxylic acids is 1. The highest BCUT2D eigenvalue weighted by molar-refractivity contribution is 6.40. The Bertz CT molecular complexity index is 1080. The number of nitrogens with one attached hydrogen (secondary N) is 1. The van der Waals surface area contributed by atoms with Crippen molar-refractivity contribution in [3.63, 3.8) is 0 Å². The van der Waals surface area contributed by atoms with Gasteiger partial charge in [-0.25, -0.2) is 4.79 Å². The molecule has 1 aliphatic carbocycles. The number of hydrogen-bond acceptors (Lipinski definition) is 5. The second-order valence-electron chi connectivity index (χ2n) is 8.15. The maximum atomic E-state index is 12.5. The molecule has 2 aromatic rings. The van der Waals surface area contributed by atoms with Crippen molar-refractivity contribution in [3.8, 4) is 0 Å². The Morgan fingerprint density at radius 3 is 2.31 bits per heavy atom. The molecule has 1 aromatic heterocycles. The molecule has 2 N–H and O–H groups in total. The van der Waals surface area contributed by atoms with Crippen LogP contribution in [0.2, 0.25) is 10.0 Å². The van der Waals surface area contributed by atoms with Crippen molar-refractivity contribution in [2.75, 3.05) is 5.32 Å². The van der Waals surface area contributed by atoms with Gasteiger partial charge in [0.2, 0.25) is 0 Å². The van der Waals surface area contributed by atoms with E-state index in [0.29, 0.717) is 17.8 Å². The number of pyridine rings is 1. The normalized spacial score (nSPS) is 19.3. The molecule has 1 heterocycles. The average molecular weight is 476 g/mol. The molecule has 0 bridgehead atoms. The summed E-state index contributed by atoms with van der Waals surface area (Å²) in [7, 11) is 0. The topological polar surface area (TPSA) is 109 Å². The van der Waals surface area contributed by atoms with Gasteiger partial charge in [0.1, 0.15) is 0 Å². The van der Waals surface area contributed by atoms with Gasteiger partial charge in [0.05, 0.1) is 26.9 Å². The van der Waals surface area contributed by atoms with E-state index in [9.17, 15) is 19.5 Å². The molecule has 3 rings (SSSR count). The number of nitrogens with zero attached hydrogens (tertiary/aromatic N) is 2. The molecule has 1 fully saturated rings. The molecule has 2 atom stereocenters. The third kappa shape index (κ3) is 4.69. The molecule has 0 aliphatic heterocycles. The maximum absolute atomic E-state index is 12.5. The fourth-order valence-corrected chi connectivity index (χ4v) is 4.34. The van der Waals surface area contributed by atoms with Crippen molar-refractivity contribution >= 4 is 52.3 Å². The van der Waals surface area contributed by atoms with Gasteiger partial charge in [-0.05, 0) is 38.0 Å². The smallest absolute Gasteiger partial charge is 0.328 e. The quantitative estimate of drug-likeness (QED) is 0.602. The molecular formula is C23H23Cl2N3O4. The van der Waals surface area contributed by atoms with Crippen molar-refractivity contribution in [3.05, 3.63) is 57.8 Å². The first-order chi connectivity index (χ1) is 15.1. The summed E-state index contributed by atoms with van der Waals surface area (Å²) in [5.41, 5.74) is 1.27. The predicted octanol–water partition coefficient (Wildman–Crippen LogP) is 4.71. The van der Waals surface area contributed by atoms with Gasteiger partial charge < -0.3 is 10.4 Å². The SMILES string of the molecule is CCC1C(=O)C(C)(C)C1=N[C@@H](Cc1ccc(NC(=O)c2c(Cl)cncc2Cl)cc1)C(=O)O. The van der Waals surface area contributed by atoms with Crippen LogP contribution in [0.4, 0.5) is 5.69 Å². The Balaban J connectivity index is 1.74. The van der Waals surface area contributed by atoms with Crippen molar-refractivity contribution in [2.24, 2.45) is 16.3 Å². The number of carboxylic acid groups (broad SMARTS) is 1. The molecule has 1 aromatic carbocycles. The van der Waals surface area contributed by atoms with Crippen LogP contribution < -0.4 is 5.32 Å². The largest absolute Gasteiger partial charge is 0.480 e. The number of ketones is 1. The van der Waals surface area contributed by atoms with E-state index < -0.39 is 23.3 Å². The van der Waals surface area contributed by atoms with Crippen molar-refractivity contribution < 1.29 is 19.5 Å². The van der Waals surface area contributed by atoms with Crippen molar-refractivity contribution in [2.45, 2.75) is 39.7 Å². The summed E-state index contributed by atoms with van der Waals surface area (Å²) in [6, 6.07) is 5.76. The zero-order valence-corrected chi connectivity index (χ0v) is 19.4. The Hall–Kier alpha value is -2.77. The molecule has 32 heavy (non-hydrogen) atoms. The standard InChI is InChI=1S/C23H23Cl2N3O4/c1-4-14-19(23(2,3)20(14)29)28-17(22(31)32)9-12-5-7-13(8-6-12)27-21(30)18-15(24)10-26-11-16(18)25/h5-8,10-11,14,17H,4,9H2,1-3H3,(H,27,30)(H,31,32)/t14?,17-/m0/s1. The summed E-state index contributed by atoms with van der Waals surface area (Å²) in [5.74, 6) is -1.75. The van der Waals surface area contributed by atoms with Crippen LogP contribution in [0.25, 0.3) is 0 Å². The summed E-state index contributed by atoms with van der Waals surface area (Å²) >= 11 is 12.0. The fourth-order valence-electron chi connectivity index (χ4n) is 3.80. The number of carbonyl (C=O) groups excluding carboxylic acids is 2. The third-order valence-corrected chi connectivity index (χ3v) is 6.19. The number of aromatic nitrogens is 1. The highest BCUT2D eigenvalue weighted by Gasteiger charge is 2.52. The van der Waals surface area contributed by atoms with E-state index >= 15 is 0 Å².